The van der Waals surface area contributed by atoms with Crippen molar-refractivity contribution in [1.29, 1.82) is 0 Å². The van der Waals surface area contributed by atoms with Crippen LogP contribution in [0.2, 0.25) is 0 Å². The Morgan fingerprint density at radius 2 is 2.15 bits per heavy atom. The van der Waals surface area contributed by atoms with Crippen LogP contribution < -0.4 is 5.73 Å². The highest BCUT2D eigenvalue weighted by atomic mass is 35.5. The number of nitrogens with two attached hydrogens (primary N) is 1. The van der Waals surface area contributed by atoms with E-state index in [1.807, 2.05) is 0 Å². The van der Waals surface area contributed by atoms with Crippen molar-refractivity contribution in [3.8, 4) is 0 Å². The second kappa shape index (κ2) is 6.15. The summed E-state index contributed by atoms with van der Waals surface area (Å²) in [6, 6.07) is 0. The molecule has 0 aliphatic rings. The van der Waals surface area contributed by atoms with Crippen molar-refractivity contribution < 1.29 is 9.90 Å². The molecule has 0 saturated heterocycles. The Kier molecular flexibility index (Phi) is 7.15. The van der Waals surface area contributed by atoms with Gasteiger partial charge in [0, 0.05) is 11.4 Å². The first-order valence-electron chi connectivity index (χ1n) is 3.04. The molecule has 0 atom stereocenters. The molecular weight excluding hydrogens is 235 g/mol. The van der Waals surface area contributed by atoms with Gasteiger partial charge in [0.1, 0.15) is 5.01 Å². The normalized spacial score (nSPS) is 8.46. The Balaban J connectivity index is 0. The molecule has 0 aliphatic carbocycles. The molecule has 7 heteroatoms. The molecule has 1 aromatic rings. The summed E-state index contributed by atoms with van der Waals surface area (Å²) in [5.74, 6) is -0.988. The predicted molar refractivity (Wildman–Crippen MR) is 56.2 cm³/mol. The van der Waals surface area contributed by atoms with Crippen LogP contribution in [0.5, 0.6) is 0 Å². The number of hydrogen-bond acceptors (Lipinski definition) is 4. The van der Waals surface area contributed by atoms with Gasteiger partial charge in [0.25, 0.3) is 0 Å². The summed E-state index contributed by atoms with van der Waals surface area (Å²) in [5, 5.41) is 9.24. The number of thiazole rings is 1. The third-order valence-corrected chi connectivity index (χ3v) is 2.21. The Labute approximate surface area is 92.0 Å². The fraction of sp³-hybridized carbons (Fsp3) is 0.333. The van der Waals surface area contributed by atoms with E-state index in [0.29, 0.717) is 16.4 Å². The second-order valence-electron chi connectivity index (χ2n) is 2.02. The van der Waals surface area contributed by atoms with Crippen molar-refractivity contribution in [2.24, 2.45) is 5.73 Å². The second-order valence-corrected chi connectivity index (χ2v) is 3.31. The van der Waals surface area contributed by atoms with Crippen LogP contribution in [0.15, 0.2) is 0 Å². The monoisotopic (exact) mass is 244 g/mol. The van der Waals surface area contributed by atoms with Crippen molar-refractivity contribution in [2.75, 3.05) is 0 Å². The highest BCUT2D eigenvalue weighted by Gasteiger charge is 2.12. The van der Waals surface area contributed by atoms with Gasteiger partial charge < -0.3 is 10.8 Å². The van der Waals surface area contributed by atoms with E-state index in [9.17, 15) is 4.79 Å². The summed E-state index contributed by atoms with van der Waals surface area (Å²) in [6.07, 6.45) is 0. The predicted octanol–water partition coefficient (Wildman–Crippen LogP) is 1.45. The first-order valence-corrected chi connectivity index (χ1v) is 3.86. The van der Waals surface area contributed by atoms with Crippen molar-refractivity contribution >= 4 is 42.1 Å². The first kappa shape index (κ1) is 15.1. The summed E-state index contributed by atoms with van der Waals surface area (Å²) in [6.45, 7) is 2.03. The van der Waals surface area contributed by atoms with Gasteiger partial charge in [-0.1, -0.05) is 0 Å². The van der Waals surface area contributed by atoms with Gasteiger partial charge in [-0.2, -0.15) is 0 Å². The topological polar surface area (TPSA) is 76.2 Å². The zero-order valence-corrected chi connectivity index (χ0v) is 9.26. The van der Waals surface area contributed by atoms with E-state index < -0.39 is 5.97 Å². The van der Waals surface area contributed by atoms with Gasteiger partial charge >= 0.3 is 5.97 Å². The number of aromatic nitrogens is 1. The van der Waals surface area contributed by atoms with Crippen LogP contribution in [-0.2, 0) is 6.54 Å². The zero-order chi connectivity index (χ0) is 8.43. The van der Waals surface area contributed by atoms with Crippen molar-refractivity contribution in [2.45, 2.75) is 13.5 Å². The first-order chi connectivity index (χ1) is 5.15. The van der Waals surface area contributed by atoms with E-state index >= 15 is 0 Å². The minimum atomic E-state index is -0.988. The maximum absolute atomic E-state index is 10.5. The molecule has 0 amide bonds. The number of nitrogens with zero attached hydrogens (tertiary/aromatic N) is 1. The number of halogens is 2. The molecule has 0 aliphatic heterocycles. The number of aromatic carboxylic acids is 1. The molecule has 0 radical (unpaired) electrons. The number of carboxylic acid groups (broad SMARTS) is 1. The Morgan fingerprint density at radius 1 is 1.62 bits per heavy atom. The third-order valence-electron chi connectivity index (χ3n) is 1.22. The largest absolute Gasteiger partial charge is 0.476 e. The lowest BCUT2D eigenvalue weighted by atomic mass is 10.4. The quantitative estimate of drug-likeness (QED) is 0.826. The van der Waals surface area contributed by atoms with Crippen LogP contribution in [-0.4, -0.2) is 16.1 Å². The van der Waals surface area contributed by atoms with Gasteiger partial charge in [-0.3, -0.25) is 0 Å². The van der Waals surface area contributed by atoms with E-state index in [-0.39, 0.29) is 30.5 Å². The highest BCUT2D eigenvalue weighted by molar-refractivity contribution is 7.11. The number of aryl methyl sites for hydroxylation is 1. The summed E-state index contributed by atoms with van der Waals surface area (Å²) in [4.78, 5) is 15.0. The summed E-state index contributed by atoms with van der Waals surface area (Å²) in [5.41, 5.74) is 5.41. The average Bonchev–Trinajstić information content (AvgIpc) is 2.30. The molecule has 0 saturated carbocycles. The molecule has 1 rings (SSSR count). The fourth-order valence-electron chi connectivity index (χ4n) is 0.737. The summed E-state index contributed by atoms with van der Waals surface area (Å²) >= 11 is 1.33. The molecule has 3 N–H and O–H groups in total. The Morgan fingerprint density at radius 3 is 2.38 bits per heavy atom. The SMILES string of the molecule is Cc1sc(CN)nc1C(=O)O.Cl.Cl. The highest BCUT2D eigenvalue weighted by Crippen LogP contribution is 2.16. The number of carbonyl (C=O) groups is 1. The zero-order valence-electron chi connectivity index (χ0n) is 6.81. The van der Waals surface area contributed by atoms with Crippen LogP contribution in [0.4, 0.5) is 0 Å². The number of rotatable bonds is 2. The van der Waals surface area contributed by atoms with Gasteiger partial charge in [0.05, 0.1) is 0 Å². The van der Waals surface area contributed by atoms with Crippen LogP contribution in [0, 0.1) is 6.92 Å². The average molecular weight is 245 g/mol. The molecule has 1 heterocycles. The standard InChI is InChI=1S/C6H8N2O2S.2ClH/c1-3-5(6(9)10)8-4(2-7)11-3;;/h2,7H2,1H3,(H,9,10);2*1H. The molecule has 76 valence electrons. The van der Waals surface area contributed by atoms with Crippen molar-refractivity contribution in [3.63, 3.8) is 0 Å². The minimum absolute atomic E-state index is 0. The number of carboxylic acids is 1. The molecule has 1 aromatic heterocycles. The van der Waals surface area contributed by atoms with Gasteiger partial charge in [0.2, 0.25) is 0 Å². The van der Waals surface area contributed by atoms with Gasteiger partial charge in [-0.15, -0.1) is 36.2 Å². The minimum Gasteiger partial charge on any atom is -0.476 e. The van der Waals surface area contributed by atoms with E-state index in [2.05, 4.69) is 4.98 Å². The number of hydrogen-bond donors (Lipinski definition) is 2. The molecular formula is C6H10Cl2N2O2S. The lowest BCUT2D eigenvalue weighted by Crippen LogP contribution is -2.00. The van der Waals surface area contributed by atoms with Crippen molar-refractivity contribution in [1.82, 2.24) is 4.98 Å². The molecule has 0 spiro atoms. The maximum atomic E-state index is 10.5. The van der Waals surface area contributed by atoms with Crippen LogP contribution in [0.3, 0.4) is 0 Å². The lowest BCUT2D eigenvalue weighted by molar-refractivity contribution is 0.0690. The molecule has 0 aromatic carbocycles. The summed E-state index contributed by atoms with van der Waals surface area (Å²) in [7, 11) is 0. The molecule has 13 heavy (non-hydrogen) atoms. The lowest BCUT2D eigenvalue weighted by Gasteiger charge is -1.85. The Hall–Kier alpha value is -0.360. The van der Waals surface area contributed by atoms with E-state index in [4.69, 9.17) is 10.8 Å². The van der Waals surface area contributed by atoms with E-state index in [1.165, 1.54) is 11.3 Å². The third kappa shape index (κ3) is 3.48. The van der Waals surface area contributed by atoms with Crippen LogP contribution >= 0.6 is 36.2 Å². The van der Waals surface area contributed by atoms with E-state index in [0.717, 1.165) is 0 Å². The fourth-order valence-corrected chi connectivity index (χ4v) is 1.54. The Bertz CT molecular complexity index is 290. The van der Waals surface area contributed by atoms with Gasteiger partial charge in [-0.25, -0.2) is 9.78 Å². The van der Waals surface area contributed by atoms with Gasteiger partial charge in [-0.05, 0) is 6.92 Å². The van der Waals surface area contributed by atoms with Crippen LogP contribution in [0.1, 0.15) is 20.4 Å². The molecule has 0 bridgehead atoms. The van der Waals surface area contributed by atoms with Crippen LogP contribution in [0.25, 0.3) is 0 Å². The molecule has 0 unspecified atom stereocenters. The van der Waals surface area contributed by atoms with Gasteiger partial charge in [0.15, 0.2) is 5.69 Å². The smallest absolute Gasteiger partial charge is 0.355 e. The van der Waals surface area contributed by atoms with E-state index in [1.54, 1.807) is 6.92 Å². The van der Waals surface area contributed by atoms with Crippen molar-refractivity contribution in [3.05, 3.63) is 15.6 Å². The summed E-state index contributed by atoms with van der Waals surface area (Å²) < 4.78 is 0. The maximum Gasteiger partial charge on any atom is 0.355 e. The molecule has 4 nitrogen and oxygen atoms in total. The molecule has 0 fully saturated rings.